The topological polar surface area (TPSA) is 34.0 Å². The molecular formula is C17H16F2N2O. The number of piperidine rings is 1. The molecule has 1 aromatic carbocycles. The molecule has 2 aliphatic rings. The molecule has 2 atom stereocenters. The minimum Gasteiger partial charge on any atom is -0.316 e. The van der Waals surface area contributed by atoms with Gasteiger partial charge in [0.15, 0.2) is 0 Å². The van der Waals surface area contributed by atoms with Crippen LogP contribution in [-0.4, -0.2) is 17.7 Å². The normalized spacial score (nSPS) is 23.2. The van der Waals surface area contributed by atoms with Gasteiger partial charge in [-0.05, 0) is 49.2 Å². The molecule has 0 saturated carbocycles. The SMILES string of the molecule is O=c1c(-c2cc(F)ccc2F)ccc2n1CC1CNCC2C1. The van der Waals surface area contributed by atoms with E-state index < -0.39 is 11.6 Å². The molecule has 2 aliphatic heterocycles. The zero-order valence-electron chi connectivity index (χ0n) is 12.0. The van der Waals surface area contributed by atoms with E-state index in [2.05, 4.69) is 5.32 Å². The van der Waals surface area contributed by atoms with Crippen molar-refractivity contribution in [2.24, 2.45) is 5.92 Å². The van der Waals surface area contributed by atoms with Crippen LogP contribution in [0.3, 0.4) is 0 Å². The maximum absolute atomic E-state index is 14.0. The van der Waals surface area contributed by atoms with Gasteiger partial charge in [-0.2, -0.15) is 0 Å². The van der Waals surface area contributed by atoms with E-state index in [1.165, 1.54) is 0 Å². The highest BCUT2D eigenvalue weighted by Gasteiger charge is 2.31. The Hall–Kier alpha value is -2.01. The number of aromatic nitrogens is 1. The molecule has 0 amide bonds. The molecule has 2 aromatic rings. The molecule has 5 heteroatoms. The lowest BCUT2D eigenvalue weighted by molar-refractivity contribution is 0.257. The van der Waals surface area contributed by atoms with Crippen LogP contribution in [0.5, 0.6) is 0 Å². The van der Waals surface area contributed by atoms with Gasteiger partial charge in [0, 0.05) is 30.3 Å². The van der Waals surface area contributed by atoms with Gasteiger partial charge in [0.25, 0.3) is 5.56 Å². The van der Waals surface area contributed by atoms with Crippen molar-refractivity contribution in [2.45, 2.75) is 18.9 Å². The van der Waals surface area contributed by atoms with Crippen molar-refractivity contribution in [2.75, 3.05) is 13.1 Å². The summed E-state index contributed by atoms with van der Waals surface area (Å²) in [5, 5.41) is 3.39. The Kier molecular flexibility index (Phi) is 3.11. The predicted octanol–water partition coefficient (Wildman–Crippen LogP) is 2.50. The second kappa shape index (κ2) is 5.02. The standard InChI is InChI=1S/C17H16F2N2O/c18-12-1-3-15(19)14(6-12)13-2-4-16-11-5-10(7-20-8-11)9-21(16)17(13)22/h1-4,6,10-11,20H,5,7-9H2. The summed E-state index contributed by atoms with van der Waals surface area (Å²) in [6.07, 6.45) is 1.08. The lowest BCUT2D eigenvalue weighted by Gasteiger charge is -2.37. The zero-order valence-corrected chi connectivity index (χ0v) is 12.0. The van der Waals surface area contributed by atoms with Crippen LogP contribution in [0.2, 0.25) is 0 Å². The first-order valence-electron chi connectivity index (χ1n) is 7.53. The van der Waals surface area contributed by atoms with Crippen LogP contribution in [-0.2, 0) is 6.54 Å². The molecule has 2 bridgehead atoms. The fourth-order valence-corrected chi connectivity index (χ4v) is 3.70. The summed E-state index contributed by atoms with van der Waals surface area (Å²) < 4.78 is 29.1. The molecule has 1 aromatic heterocycles. The highest BCUT2D eigenvalue weighted by Crippen LogP contribution is 2.33. The highest BCUT2D eigenvalue weighted by atomic mass is 19.1. The van der Waals surface area contributed by atoms with Gasteiger partial charge >= 0.3 is 0 Å². The zero-order chi connectivity index (χ0) is 15.3. The van der Waals surface area contributed by atoms with Crippen LogP contribution in [0, 0.1) is 17.6 Å². The van der Waals surface area contributed by atoms with Crippen molar-refractivity contribution in [3.05, 3.63) is 58.0 Å². The Labute approximate surface area is 126 Å². The largest absolute Gasteiger partial charge is 0.316 e. The average Bonchev–Trinajstić information content (AvgIpc) is 2.51. The molecule has 0 aliphatic carbocycles. The van der Waals surface area contributed by atoms with Crippen LogP contribution in [0.1, 0.15) is 18.0 Å². The van der Waals surface area contributed by atoms with Crippen LogP contribution in [0.15, 0.2) is 35.1 Å². The number of hydrogen-bond acceptors (Lipinski definition) is 2. The Morgan fingerprint density at radius 2 is 1.95 bits per heavy atom. The van der Waals surface area contributed by atoms with E-state index in [0.717, 1.165) is 43.4 Å². The van der Waals surface area contributed by atoms with Gasteiger partial charge in [0.1, 0.15) is 11.6 Å². The van der Waals surface area contributed by atoms with E-state index in [9.17, 15) is 13.6 Å². The lowest BCUT2D eigenvalue weighted by Crippen LogP contribution is -2.45. The molecular weight excluding hydrogens is 286 g/mol. The van der Waals surface area contributed by atoms with Crippen molar-refractivity contribution < 1.29 is 8.78 Å². The number of pyridine rings is 1. The third-order valence-electron chi connectivity index (χ3n) is 4.73. The van der Waals surface area contributed by atoms with E-state index in [4.69, 9.17) is 0 Å². The summed E-state index contributed by atoms with van der Waals surface area (Å²) in [5.41, 5.74) is 1.04. The first-order valence-corrected chi connectivity index (χ1v) is 7.53. The van der Waals surface area contributed by atoms with E-state index in [0.29, 0.717) is 18.4 Å². The minimum absolute atomic E-state index is 0.0363. The van der Waals surface area contributed by atoms with Gasteiger partial charge in [-0.3, -0.25) is 4.79 Å². The number of hydrogen-bond donors (Lipinski definition) is 1. The van der Waals surface area contributed by atoms with Crippen LogP contribution < -0.4 is 10.9 Å². The number of halogens is 2. The molecule has 4 rings (SSSR count). The van der Waals surface area contributed by atoms with E-state index in [1.807, 2.05) is 6.07 Å². The van der Waals surface area contributed by atoms with Crippen LogP contribution >= 0.6 is 0 Å². The summed E-state index contributed by atoms with van der Waals surface area (Å²) in [4.78, 5) is 12.8. The van der Waals surface area contributed by atoms with Gasteiger partial charge in [-0.1, -0.05) is 0 Å². The lowest BCUT2D eigenvalue weighted by atomic mass is 9.84. The van der Waals surface area contributed by atoms with Gasteiger partial charge in [-0.25, -0.2) is 8.78 Å². The Morgan fingerprint density at radius 1 is 1.09 bits per heavy atom. The van der Waals surface area contributed by atoms with E-state index in [1.54, 1.807) is 10.6 Å². The summed E-state index contributed by atoms with van der Waals surface area (Å²) in [6.45, 7) is 2.41. The van der Waals surface area contributed by atoms with Crippen molar-refractivity contribution in [3.63, 3.8) is 0 Å². The van der Waals surface area contributed by atoms with Crippen molar-refractivity contribution in [1.82, 2.24) is 9.88 Å². The van der Waals surface area contributed by atoms with Gasteiger partial charge in [-0.15, -0.1) is 0 Å². The molecule has 1 saturated heterocycles. The smallest absolute Gasteiger partial charge is 0.258 e. The van der Waals surface area contributed by atoms with E-state index >= 15 is 0 Å². The Morgan fingerprint density at radius 3 is 2.82 bits per heavy atom. The Balaban J connectivity index is 1.88. The maximum atomic E-state index is 14.0. The second-order valence-corrected chi connectivity index (χ2v) is 6.17. The molecule has 1 fully saturated rings. The summed E-state index contributed by atoms with van der Waals surface area (Å²) in [6, 6.07) is 6.72. The van der Waals surface area contributed by atoms with Crippen molar-refractivity contribution in [1.29, 1.82) is 0 Å². The van der Waals surface area contributed by atoms with Crippen LogP contribution in [0.25, 0.3) is 11.1 Å². The summed E-state index contributed by atoms with van der Waals surface area (Å²) in [5.74, 6) is -0.362. The molecule has 3 heterocycles. The van der Waals surface area contributed by atoms with E-state index in [-0.39, 0.29) is 16.7 Å². The fraction of sp³-hybridized carbons (Fsp3) is 0.353. The molecule has 22 heavy (non-hydrogen) atoms. The molecule has 114 valence electrons. The van der Waals surface area contributed by atoms with Crippen molar-refractivity contribution in [3.8, 4) is 11.1 Å². The molecule has 3 nitrogen and oxygen atoms in total. The highest BCUT2D eigenvalue weighted by molar-refractivity contribution is 5.63. The maximum Gasteiger partial charge on any atom is 0.258 e. The fourth-order valence-electron chi connectivity index (χ4n) is 3.70. The average molecular weight is 302 g/mol. The third-order valence-corrected chi connectivity index (χ3v) is 4.73. The predicted molar refractivity (Wildman–Crippen MR) is 79.8 cm³/mol. The quantitative estimate of drug-likeness (QED) is 0.878. The first kappa shape index (κ1) is 13.6. The van der Waals surface area contributed by atoms with Gasteiger partial charge < -0.3 is 9.88 Å². The number of nitrogens with one attached hydrogen (secondary N) is 1. The molecule has 2 unspecified atom stereocenters. The van der Waals surface area contributed by atoms with Crippen molar-refractivity contribution >= 4 is 0 Å². The van der Waals surface area contributed by atoms with Gasteiger partial charge in [0.2, 0.25) is 0 Å². The molecule has 1 N–H and O–H groups in total. The number of rotatable bonds is 1. The minimum atomic E-state index is -0.572. The first-order chi connectivity index (χ1) is 10.6. The summed E-state index contributed by atoms with van der Waals surface area (Å²) in [7, 11) is 0. The number of nitrogens with zero attached hydrogens (tertiary/aromatic N) is 1. The number of fused-ring (bicyclic) bond motifs is 4. The molecule has 0 spiro atoms. The Bertz CT molecular complexity index is 800. The second-order valence-electron chi connectivity index (χ2n) is 6.17. The van der Waals surface area contributed by atoms with Crippen LogP contribution in [0.4, 0.5) is 8.78 Å². The number of benzene rings is 1. The summed E-state index contributed by atoms with van der Waals surface area (Å²) >= 11 is 0. The monoisotopic (exact) mass is 302 g/mol. The third kappa shape index (κ3) is 2.08. The molecule has 0 radical (unpaired) electrons. The van der Waals surface area contributed by atoms with Gasteiger partial charge in [0.05, 0.1) is 5.56 Å².